The highest BCUT2D eigenvalue weighted by atomic mass is 32.2. The van der Waals surface area contributed by atoms with Gasteiger partial charge in [-0.1, -0.05) is 11.8 Å². The molecule has 0 aromatic heterocycles. The zero-order valence-corrected chi connectivity index (χ0v) is 9.01. The van der Waals surface area contributed by atoms with E-state index in [0.717, 1.165) is 5.88 Å². The summed E-state index contributed by atoms with van der Waals surface area (Å²) in [5.41, 5.74) is 1.80. The summed E-state index contributed by atoms with van der Waals surface area (Å²) in [7, 11) is 4.03. The van der Waals surface area contributed by atoms with Crippen LogP contribution in [0.15, 0.2) is 4.99 Å². The predicted octanol–water partition coefficient (Wildman–Crippen LogP) is 1.04. The topological polar surface area (TPSA) is 35.8 Å². The van der Waals surface area contributed by atoms with Crippen molar-refractivity contribution in [3.05, 3.63) is 0 Å². The molecule has 1 unspecified atom stereocenters. The number of nitrogens with zero attached hydrogens (tertiary/aromatic N) is 2. The second kappa shape index (κ2) is 6.46. The van der Waals surface area contributed by atoms with Gasteiger partial charge in [0.05, 0.1) is 17.7 Å². The lowest BCUT2D eigenvalue weighted by Gasteiger charge is -2.09. The molecular weight excluding hydrogens is 172 g/mol. The molecular formula is C8H18N2OS. The van der Waals surface area contributed by atoms with E-state index in [1.165, 1.54) is 0 Å². The number of hydrogen-bond donors (Lipinski definition) is 1. The lowest BCUT2D eigenvalue weighted by molar-refractivity contribution is 0.171. The van der Waals surface area contributed by atoms with E-state index in [4.69, 9.17) is 5.11 Å². The maximum atomic E-state index is 9.10. The summed E-state index contributed by atoms with van der Waals surface area (Å²) in [5.74, 6) is 0.927. The van der Waals surface area contributed by atoms with Crippen LogP contribution in [0.4, 0.5) is 0 Å². The van der Waals surface area contributed by atoms with E-state index in [0.29, 0.717) is 0 Å². The zero-order valence-electron chi connectivity index (χ0n) is 8.19. The summed E-state index contributed by atoms with van der Waals surface area (Å²) < 4.78 is 0. The largest absolute Gasteiger partial charge is 0.391 e. The van der Waals surface area contributed by atoms with Crippen molar-refractivity contribution in [2.45, 2.75) is 26.0 Å². The molecule has 0 amide bonds. The lowest BCUT2D eigenvalue weighted by atomic mass is 10.2. The highest BCUT2D eigenvalue weighted by Crippen LogP contribution is 2.00. The van der Waals surface area contributed by atoms with Crippen molar-refractivity contribution in [1.82, 2.24) is 4.90 Å². The quantitative estimate of drug-likeness (QED) is 0.400. The molecule has 0 radical (unpaired) electrons. The van der Waals surface area contributed by atoms with Gasteiger partial charge < -0.3 is 5.11 Å². The monoisotopic (exact) mass is 190 g/mol. The molecule has 0 aromatic rings. The summed E-state index contributed by atoms with van der Waals surface area (Å²) >= 11 is 1.63. The number of aliphatic imine (C=N–C) groups is 1. The summed E-state index contributed by atoms with van der Waals surface area (Å²) in [5, 5.41) is 9.10. The normalized spacial score (nSPS) is 17.2. The Kier molecular flexibility index (Phi) is 6.42. The zero-order chi connectivity index (χ0) is 9.56. The van der Waals surface area contributed by atoms with Crippen LogP contribution in [0, 0.1) is 0 Å². The smallest absolute Gasteiger partial charge is 0.0733 e. The predicted molar refractivity (Wildman–Crippen MR) is 55.8 cm³/mol. The third kappa shape index (κ3) is 6.64. The van der Waals surface area contributed by atoms with E-state index in [9.17, 15) is 0 Å². The molecule has 0 aromatic carbocycles. The number of rotatable bonds is 5. The molecule has 72 valence electrons. The van der Waals surface area contributed by atoms with E-state index >= 15 is 0 Å². The van der Waals surface area contributed by atoms with Crippen LogP contribution in [-0.2, 0) is 0 Å². The van der Waals surface area contributed by atoms with Gasteiger partial charge in [0.25, 0.3) is 0 Å². The maximum absolute atomic E-state index is 9.10. The average Bonchev–Trinajstić information content (AvgIpc) is 1.97. The van der Waals surface area contributed by atoms with Crippen molar-refractivity contribution in [3.8, 4) is 0 Å². The molecule has 0 saturated heterocycles. The summed E-state index contributed by atoms with van der Waals surface area (Å²) in [6.45, 7) is 3.65. The number of thioether (sulfide) groups is 1. The molecule has 0 bridgehead atoms. The molecule has 4 heteroatoms. The lowest BCUT2D eigenvalue weighted by Crippen LogP contribution is -2.16. The Bertz CT molecular complexity index is 137. The molecule has 0 fully saturated rings. The van der Waals surface area contributed by atoms with Gasteiger partial charge in [-0.2, -0.15) is 0 Å². The summed E-state index contributed by atoms with van der Waals surface area (Å²) in [6.07, 6.45) is -0.360. The minimum atomic E-state index is -0.360. The Morgan fingerprint density at radius 1 is 1.50 bits per heavy atom. The Balaban J connectivity index is 3.48. The molecule has 0 rings (SSSR count). The third-order valence-electron chi connectivity index (χ3n) is 1.40. The highest BCUT2D eigenvalue weighted by molar-refractivity contribution is 8.12. The fourth-order valence-electron chi connectivity index (χ4n) is 0.446. The van der Waals surface area contributed by atoms with Gasteiger partial charge in [0.2, 0.25) is 0 Å². The molecule has 0 aliphatic rings. The van der Waals surface area contributed by atoms with Crippen LogP contribution in [0.25, 0.3) is 0 Å². The fourth-order valence-corrected chi connectivity index (χ4v) is 1.09. The Labute approximate surface area is 78.9 Å². The summed E-state index contributed by atoms with van der Waals surface area (Å²) in [6, 6.07) is -0.000313. The summed E-state index contributed by atoms with van der Waals surface area (Å²) in [4.78, 5) is 6.23. The van der Waals surface area contributed by atoms with Crippen LogP contribution in [0.1, 0.15) is 13.8 Å². The minimum absolute atomic E-state index is 0.000313. The van der Waals surface area contributed by atoms with Gasteiger partial charge in [-0.15, -0.1) is 0 Å². The molecule has 1 N–H and O–H groups in total. The van der Waals surface area contributed by atoms with E-state index < -0.39 is 0 Å². The van der Waals surface area contributed by atoms with Crippen molar-refractivity contribution < 1.29 is 5.11 Å². The molecule has 12 heavy (non-hydrogen) atoms. The van der Waals surface area contributed by atoms with Crippen LogP contribution < -0.4 is 0 Å². The second-order valence-electron chi connectivity index (χ2n) is 3.11. The van der Waals surface area contributed by atoms with Gasteiger partial charge in [-0.3, -0.25) is 9.89 Å². The van der Waals surface area contributed by atoms with Gasteiger partial charge in [0.15, 0.2) is 0 Å². The van der Waals surface area contributed by atoms with Crippen LogP contribution in [-0.4, -0.2) is 47.7 Å². The van der Waals surface area contributed by atoms with Gasteiger partial charge in [0.1, 0.15) is 0 Å². The Morgan fingerprint density at radius 2 is 2.08 bits per heavy atom. The molecule has 0 aliphatic heterocycles. The van der Waals surface area contributed by atoms with Crippen molar-refractivity contribution in [2.24, 2.45) is 4.99 Å². The van der Waals surface area contributed by atoms with Crippen molar-refractivity contribution in [1.29, 1.82) is 0 Å². The van der Waals surface area contributed by atoms with Crippen LogP contribution >= 0.6 is 11.8 Å². The molecule has 0 saturated carbocycles. The molecule has 0 heterocycles. The average molecular weight is 190 g/mol. The molecule has 2 atom stereocenters. The van der Waals surface area contributed by atoms with Crippen molar-refractivity contribution >= 4 is 17.3 Å². The molecule has 0 aliphatic carbocycles. The first-order chi connectivity index (χ1) is 5.54. The van der Waals surface area contributed by atoms with E-state index in [-0.39, 0.29) is 12.1 Å². The van der Waals surface area contributed by atoms with Crippen molar-refractivity contribution in [2.75, 3.05) is 20.0 Å². The van der Waals surface area contributed by atoms with Gasteiger partial charge in [0, 0.05) is 5.88 Å². The highest BCUT2D eigenvalue weighted by Gasteiger charge is 2.03. The van der Waals surface area contributed by atoms with Gasteiger partial charge in [-0.05, 0) is 27.9 Å². The van der Waals surface area contributed by atoms with Crippen molar-refractivity contribution in [3.63, 3.8) is 0 Å². The first-order valence-electron chi connectivity index (χ1n) is 4.00. The third-order valence-corrected chi connectivity index (χ3v) is 2.34. The van der Waals surface area contributed by atoms with E-state index in [1.807, 2.05) is 21.0 Å². The van der Waals surface area contributed by atoms with Crippen LogP contribution in [0.3, 0.4) is 0 Å². The number of hydrogen-bond acceptors (Lipinski definition) is 4. The first-order valence-corrected chi connectivity index (χ1v) is 5.05. The Morgan fingerprint density at radius 3 is 2.50 bits per heavy atom. The van der Waals surface area contributed by atoms with Gasteiger partial charge in [-0.25, -0.2) is 0 Å². The SMILES string of the molecule is CC(/N=C\SCN(C)C)[C@H](C)O. The standard InChI is InChI=1S/C8H18N2OS/c1-7(8(2)11)9-5-12-6-10(3)4/h5,7-8,11H,6H2,1-4H3/b9-5-/t7?,8-/m0/s1. The second-order valence-corrected chi connectivity index (χ2v) is 3.91. The molecule has 3 nitrogen and oxygen atoms in total. The number of aliphatic hydroxyl groups is 1. The van der Waals surface area contributed by atoms with E-state index in [2.05, 4.69) is 9.89 Å². The minimum Gasteiger partial charge on any atom is -0.391 e. The van der Waals surface area contributed by atoms with Gasteiger partial charge >= 0.3 is 0 Å². The maximum Gasteiger partial charge on any atom is 0.0733 e. The van der Waals surface area contributed by atoms with Crippen LogP contribution in [0.5, 0.6) is 0 Å². The van der Waals surface area contributed by atoms with Crippen LogP contribution in [0.2, 0.25) is 0 Å². The fraction of sp³-hybridized carbons (Fsp3) is 0.875. The number of aliphatic hydroxyl groups excluding tert-OH is 1. The molecule has 0 spiro atoms. The Hall–Kier alpha value is -0.0600. The first kappa shape index (κ1) is 11.9. The van der Waals surface area contributed by atoms with E-state index in [1.54, 1.807) is 24.2 Å².